The highest BCUT2D eigenvalue weighted by molar-refractivity contribution is 7.92. The molecule has 138 valence electrons. The molecule has 0 bridgehead atoms. The van der Waals surface area contributed by atoms with Crippen molar-refractivity contribution in [3.8, 4) is 0 Å². The zero-order valence-corrected chi connectivity index (χ0v) is 15.8. The standard InChI is InChI=1S/C19H23N3O3S/c1-14-7-9-18(10-8-14)26(24,25)22(2)17-11-15(12-20-13-17)19(23)21-16-5-3-4-6-16/h7-13,16H,3-6H2,1-2H3,(H,21,23). The lowest BCUT2D eigenvalue weighted by Crippen LogP contribution is -2.33. The summed E-state index contributed by atoms with van der Waals surface area (Å²) in [6.45, 7) is 1.90. The number of aromatic nitrogens is 1. The van der Waals surface area contributed by atoms with E-state index < -0.39 is 10.0 Å². The molecule has 1 aliphatic carbocycles. The van der Waals surface area contributed by atoms with Gasteiger partial charge in [-0.05, 0) is 38.0 Å². The Morgan fingerprint density at radius 3 is 2.46 bits per heavy atom. The fraction of sp³-hybridized carbons (Fsp3) is 0.368. The van der Waals surface area contributed by atoms with Crippen molar-refractivity contribution in [2.24, 2.45) is 0 Å². The van der Waals surface area contributed by atoms with Crippen molar-refractivity contribution >= 4 is 21.6 Å². The molecule has 0 atom stereocenters. The average Bonchev–Trinajstić information content (AvgIpc) is 3.14. The third-order valence-electron chi connectivity index (χ3n) is 4.72. The summed E-state index contributed by atoms with van der Waals surface area (Å²) in [6.07, 6.45) is 7.13. The zero-order chi connectivity index (χ0) is 18.7. The van der Waals surface area contributed by atoms with Gasteiger partial charge in [0.1, 0.15) is 0 Å². The summed E-state index contributed by atoms with van der Waals surface area (Å²) in [5, 5.41) is 2.99. The maximum atomic E-state index is 12.8. The number of carbonyl (C=O) groups excluding carboxylic acids is 1. The van der Waals surface area contributed by atoms with Gasteiger partial charge in [-0.1, -0.05) is 30.5 Å². The smallest absolute Gasteiger partial charge is 0.264 e. The van der Waals surface area contributed by atoms with Crippen molar-refractivity contribution in [1.82, 2.24) is 10.3 Å². The molecule has 0 spiro atoms. The number of sulfonamides is 1. The molecule has 7 heteroatoms. The van der Waals surface area contributed by atoms with Gasteiger partial charge in [0.05, 0.1) is 22.3 Å². The van der Waals surface area contributed by atoms with Crippen LogP contribution in [0.15, 0.2) is 47.6 Å². The van der Waals surface area contributed by atoms with Gasteiger partial charge in [-0.2, -0.15) is 0 Å². The molecule has 0 aliphatic heterocycles. The average molecular weight is 373 g/mol. The summed E-state index contributed by atoms with van der Waals surface area (Å²) in [4.78, 5) is 16.7. The first-order valence-corrected chi connectivity index (χ1v) is 10.1. The van der Waals surface area contributed by atoms with Gasteiger partial charge in [0.2, 0.25) is 0 Å². The minimum Gasteiger partial charge on any atom is -0.349 e. The van der Waals surface area contributed by atoms with Crippen molar-refractivity contribution in [3.63, 3.8) is 0 Å². The molecule has 1 fully saturated rings. The van der Waals surface area contributed by atoms with Gasteiger partial charge in [0, 0.05) is 19.3 Å². The van der Waals surface area contributed by atoms with Gasteiger partial charge in [-0.15, -0.1) is 0 Å². The van der Waals surface area contributed by atoms with E-state index in [-0.39, 0.29) is 16.8 Å². The molecule has 1 aromatic heterocycles. The van der Waals surface area contributed by atoms with Gasteiger partial charge in [0.15, 0.2) is 0 Å². The number of nitrogens with one attached hydrogen (secondary N) is 1. The first-order valence-electron chi connectivity index (χ1n) is 8.69. The van der Waals surface area contributed by atoms with Crippen molar-refractivity contribution in [2.75, 3.05) is 11.4 Å². The second-order valence-electron chi connectivity index (χ2n) is 6.67. The Balaban J connectivity index is 1.82. The molecule has 1 aliphatic rings. The van der Waals surface area contributed by atoms with Crippen molar-refractivity contribution in [3.05, 3.63) is 53.9 Å². The number of carbonyl (C=O) groups is 1. The Labute approximate surface area is 154 Å². The summed E-state index contributed by atoms with van der Waals surface area (Å²) in [7, 11) is -2.25. The van der Waals surface area contributed by atoms with Gasteiger partial charge in [-0.25, -0.2) is 8.42 Å². The molecule has 1 N–H and O–H groups in total. The Morgan fingerprint density at radius 2 is 1.81 bits per heavy atom. The van der Waals surface area contributed by atoms with Crippen LogP contribution in [0.4, 0.5) is 5.69 Å². The molecule has 1 heterocycles. The number of hydrogen-bond donors (Lipinski definition) is 1. The Bertz CT molecular complexity index is 889. The highest BCUT2D eigenvalue weighted by Crippen LogP contribution is 2.23. The zero-order valence-electron chi connectivity index (χ0n) is 15.0. The number of pyridine rings is 1. The van der Waals surface area contributed by atoms with E-state index in [2.05, 4.69) is 10.3 Å². The Hall–Kier alpha value is -2.41. The van der Waals surface area contributed by atoms with Crippen molar-refractivity contribution in [1.29, 1.82) is 0 Å². The quantitative estimate of drug-likeness (QED) is 0.874. The minimum absolute atomic E-state index is 0.195. The number of amides is 1. The highest BCUT2D eigenvalue weighted by atomic mass is 32.2. The summed E-state index contributed by atoms with van der Waals surface area (Å²) < 4.78 is 26.8. The fourth-order valence-corrected chi connectivity index (χ4v) is 4.24. The van der Waals surface area contributed by atoms with Crippen LogP contribution in [0.25, 0.3) is 0 Å². The Morgan fingerprint density at radius 1 is 1.15 bits per heavy atom. The predicted molar refractivity (Wildman–Crippen MR) is 101 cm³/mol. The van der Waals surface area contributed by atoms with E-state index >= 15 is 0 Å². The highest BCUT2D eigenvalue weighted by Gasteiger charge is 2.23. The molecule has 2 aromatic rings. The number of aryl methyl sites for hydroxylation is 1. The normalized spacial score (nSPS) is 15.0. The molecule has 0 saturated heterocycles. The molecule has 1 amide bonds. The lowest BCUT2D eigenvalue weighted by atomic mass is 10.2. The van der Waals surface area contributed by atoms with Gasteiger partial charge in [-0.3, -0.25) is 14.1 Å². The van der Waals surface area contributed by atoms with E-state index in [1.54, 1.807) is 30.3 Å². The summed E-state index contributed by atoms with van der Waals surface area (Å²) in [5.41, 5.74) is 1.70. The minimum atomic E-state index is -3.71. The number of hydrogen-bond acceptors (Lipinski definition) is 4. The molecular formula is C19H23N3O3S. The Kier molecular flexibility index (Phi) is 5.27. The van der Waals surface area contributed by atoms with Crippen LogP contribution in [0.5, 0.6) is 0 Å². The molecule has 3 rings (SSSR count). The van der Waals surface area contributed by atoms with Crippen LogP contribution in [-0.4, -0.2) is 32.4 Å². The molecule has 1 aromatic carbocycles. The van der Waals surface area contributed by atoms with E-state index in [0.29, 0.717) is 11.3 Å². The largest absolute Gasteiger partial charge is 0.349 e. The lowest BCUT2D eigenvalue weighted by molar-refractivity contribution is 0.0937. The summed E-state index contributed by atoms with van der Waals surface area (Å²) in [5.74, 6) is -0.215. The molecule has 26 heavy (non-hydrogen) atoms. The predicted octanol–water partition coefficient (Wildman–Crippen LogP) is 2.89. The first-order chi connectivity index (χ1) is 12.4. The summed E-state index contributed by atoms with van der Waals surface area (Å²) in [6, 6.07) is 8.41. The van der Waals surface area contributed by atoms with Gasteiger partial charge in [0.25, 0.3) is 15.9 Å². The van der Waals surface area contributed by atoms with Crippen LogP contribution >= 0.6 is 0 Å². The van der Waals surface area contributed by atoms with E-state index in [1.807, 2.05) is 6.92 Å². The van der Waals surface area contributed by atoms with Crippen LogP contribution in [0, 0.1) is 6.92 Å². The second-order valence-corrected chi connectivity index (χ2v) is 8.64. The van der Waals surface area contributed by atoms with Crippen molar-refractivity contribution < 1.29 is 13.2 Å². The topological polar surface area (TPSA) is 79.4 Å². The lowest BCUT2D eigenvalue weighted by Gasteiger charge is -2.20. The molecule has 0 unspecified atom stereocenters. The van der Waals surface area contributed by atoms with Crippen molar-refractivity contribution in [2.45, 2.75) is 43.5 Å². The number of rotatable bonds is 5. The monoisotopic (exact) mass is 373 g/mol. The van der Waals surface area contributed by atoms with Gasteiger partial charge < -0.3 is 5.32 Å². The van der Waals surface area contributed by atoms with Crippen LogP contribution in [0.2, 0.25) is 0 Å². The molecule has 1 saturated carbocycles. The first kappa shape index (κ1) is 18.4. The third-order valence-corrected chi connectivity index (χ3v) is 6.52. The summed E-state index contributed by atoms with van der Waals surface area (Å²) >= 11 is 0. The fourth-order valence-electron chi connectivity index (χ4n) is 3.07. The maximum absolute atomic E-state index is 12.8. The van der Waals surface area contributed by atoms with E-state index in [9.17, 15) is 13.2 Å². The number of nitrogens with zero attached hydrogens (tertiary/aromatic N) is 2. The van der Waals surface area contributed by atoms with Crippen LogP contribution in [0.3, 0.4) is 0 Å². The van der Waals surface area contributed by atoms with E-state index in [1.165, 1.54) is 19.4 Å². The van der Waals surface area contributed by atoms with Crippen LogP contribution in [0.1, 0.15) is 41.6 Å². The molecule has 6 nitrogen and oxygen atoms in total. The van der Waals surface area contributed by atoms with Crippen LogP contribution < -0.4 is 9.62 Å². The molecule has 0 radical (unpaired) electrons. The third kappa shape index (κ3) is 3.88. The number of anilines is 1. The van der Waals surface area contributed by atoms with Crippen LogP contribution in [-0.2, 0) is 10.0 Å². The maximum Gasteiger partial charge on any atom is 0.264 e. The SMILES string of the molecule is Cc1ccc(S(=O)(=O)N(C)c2cncc(C(=O)NC3CCCC3)c2)cc1. The van der Waals surface area contributed by atoms with E-state index in [0.717, 1.165) is 35.6 Å². The number of benzene rings is 1. The second kappa shape index (κ2) is 7.45. The van der Waals surface area contributed by atoms with Gasteiger partial charge >= 0.3 is 0 Å². The van der Waals surface area contributed by atoms with E-state index in [4.69, 9.17) is 0 Å². The molecular weight excluding hydrogens is 350 g/mol.